The van der Waals surface area contributed by atoms with Crippen molar-refractivity contribution < 1.29 is 4.52 Å². The highest BCUT2D eigenvalue weighted by Gasteiger charge is 2.21. The Bertz CT molecular complexity index is 1330. The molecule has 0 saturated carbocycles. The van der Waals surface area contributed by atoms with E-state index in [1.807, 2.05) is 12.1 Å². The molecule has 6 rings (SSSR count). The van der Waals surface area contributed by atoms with Crippen LogP contribution in [-0.2, 0) is 32.5 Å². The molecule has 0 amide bonds. The van der Waals surface area contributed by atoms with E-state index in [0.717, 1.165) is 61.2 Å². The van der Waals surface area contributed by atoms with E-state index in [1.54, 1.807) is 0 Å². The minimum atomic E-state index is 0. The second-order valence-corrected chi connectivity index (χ2v) is 11.7. The van der Waals surface area contributed by atoms with Gasteiger partial charge in [-0.15, -0.1) is 24.8 Å². The first kappa shape index (κ1) is 30.9. The summed E-state index contributed by atoms with van der Waals surface area (Å²) in [5, 5.41) is 6.56. The number of nitrogens with zero attached hydrogens (tertiary/aromatic N) is 3. The summed E-state index contributed by atoms with van der Waals surface area (Å²) >= 11 is 6.04. The zero-order valence-electron chi connectivity index (χ0n) is 23.1. The van der Waals surface area contributed by atoms with Crippen LogP contribution in [0, 0.1) is 5.92 Å². The van der Waals surface area contributed by atoms with Crippen molar-refractivity contribution in [3.8, 4) is 0 Å². The minimum absolute atomic E-state index is 0. The molecule has 1 aromatic heterocycles. The lowest BCUT2D eigenvalue weighted by atomic mass is 9.90. The van der Waals surface area contributed by atoms with Gasteiger partial charge >= 0.3 is 0 Å². The SMILES string of the molecule is Cl.Cl.Clc1ccc(CN2CCC(CCCc3noc4cc5c(cc34)CN(Cc3ccccc3)CCC5)CC2)cc1. The predicted octanol–water partition coefficient (Wildman–Crippen LogP) is 8.51. The third-order valence-corrected chi connectivity index (χ3v) is 8.73. The summed E-state index contributed by atoms with van der Waals surface area (Å²) in [7, 11) is 0. The average Bonchev–Trinajstić information content (AvgIpc) is 3.21. The molecular weight excluding hydrogens is 561 g/mol. The Balaban J connectivity index is 0.00000185. The molecule has 3 aromatic carbocycles. The summed E-state index contributed by atoms with van der Waals surface area (Å²) in [6, 6.07) is 23.8. The maximum absolute atomic E-state index is 6.04. The zero-order valence-corrected chi connectivity index (χ0v) is 25.5. The van der Waals surface area contributed by atoms with Crippen LogP contribution >= 0.6 is 36.4 Å². The largest absolute Gasteiger partial charge is 0.356 e. The van der Waals surface area contributed by atoms with E-state index in [-0.39, 0.29) is 24.8 Å². The topological polar surface area (TPSA) is 32.5 Å². The fraction of sp³-hybridized carbons (Fsp3) is 0.424. The van der Waals surface area contributed by atoms with E-state index in [4.69, 9.17) is 16.1 Å². The van der Waals surface area contributed by atoms with Gasteiger partial charge in [0.1, 0.15) is 0 Å². The van der Waals surface area contributed by atoms with Crippen LogP contribution in [-0.4, -0.2) is 34.6 Å². The molecule has 0 radical (unpaired) electrons. The maximum atomic E-state index is 6.04. The number of hydrogen-bond acceptors (Lipinski definition) is 4. The summed E-state index contributed by atoms with van der Waals surface area (Å²) in [5.41, 5.74) is 7.72. The Kier molecular flexibility index (Phi) is 11.3. The van der Waals surface area contributed by atoms with E-state index in [2.05, 4.69) is 69.6 Å². The molecule has 1 saturated heterocycles. The van der Waals surface area contributed by atoms with Gasteiger partial charge in [0.25, 0.3) is 0 Å². The summed E-state index contributed by atoms with van der Waals surface area (Å²) in [6.07, 6.45) is 8.34. The molecule has 2 aliphatic rings. The molecule has 40 heavy (non-hydrogen) atoms. The number of halogens is 3. The van der Waals surface area contributed by atoms with E-state index in [9.17, 15) is 0 Å². The van der Waals surface area contributed by atoms with E-state index < -0.39 is 0 Å². The molecule has 1 fully saturated rings. The molecule has 7 heteroatoms. The number of benzene rings is 3. The van der Waals surface area contributed by atoms with Crippen molar-refractivity contribution in [2.45, 2.75) is 64.6 Å². The number of hydrogen-bond donors (Lipinski definition) is 0. The first-order valence-electron chi connectivity index (χ1n) is 14.3. The lowest BCUT2D eigenvalue weighted by molar-refractivity contribution is 0.171. The molecule has 0 N–H and O–H groups in total. The molecule has 0 atom stereocenters. The second kappa shape index (κ2) is 14.7. The van der Waals surface area contributed by atoms with E-state index >= 15 is 0 Å². The molecule has 0 spiro atoms. The number of likely N-dealkylation sites (tertiary alicyclic amines) is 1. The van der Waals surface area contributed by atoms with Gasteiger partial charge in [-0.2, -0.15) is 0 Å². The summed E-state index contributed by atoms with van der Waals surface area (Å²) in [6.45, 7) is 6.54. The number of fused-ring (bicyclic) bond motifs is 2. The Labute approximate surface area is 255 Å². The average molecular weight is 601 g/mol. The van der Waals surface area contributed by atoms with Gasteiger partial charge in [-0.05, 0) is 117 Å². The van der Waals surface area contributed by atoms with E-state index in [0.29, 0.717) is 0 Å². The highest BCUT2D eigenvalue weighted by atomic mass is 35.5. The first-order chi connectivity index (χ1) is 18.7. The first-order valence-corrected chi connectivity index (χ1v) is 14.7. The van der Waals surface area contributed by atoms with Gasteiger partial charge < -0.3 is 4.52 Å². The second-order valence-electron chi connectivity index (χ2n) is 11.3. The number of rotatable bonds is 8. The molecule has 2 aliphatic heterocycles. The molecule has 0 bridgehead atoms. The van der Waals surface area contributed by atoms with Gasteiger partial charge in [0, 0.05) is 30.0 Å². The van der Waals surface area contributed by atoms with Gasteiger partial charge in [-0.1, -0.05) is 59.2 Å². The highest BCUT2D eigenvalue weighted by Crippen LogP contribution is 2.30. The number of aryl methyl sites for hydroxylation is 2. The Hall–Kier alpha value is -2.08. The van der Waals surface area contributed by atoms with Crippen LogP contribution in [0.3, 0.4) is 0 Å². The third kappa shape index (κ3) is 7.80. The van der Waals surface area contributed by atoms with Crippen molar-refractivity contribution in [2.75, 3.05) is 19.6 Å². The van der Waals surface area contributed by atoms with Crippen molar-refractivity contribution in [3.05, 3.63) is 99.7 Å². The van der Waals surface area contributed by atoms with Gasteiger partial charge in [-0.3, -0.25) is 9.80 Å². The number of aromatic nitrogens is 1. The number of piperidine rings is 1. The van der Waals surface area contributed by atoms with Crippen LogP contribution in [0.25, 0.3) is 11.0 Å². The highest BCUT2D eigenvalue weighted by molar-refractivity contribution is 6.30. The van der Waals surface area contributed by atoms with Gasteiger partial charge in [0.2, 0.25) is 0 Å². The van der Waals surface area contributed by atoms with Crippen molar-refractivity contribution in [1.29, 1.82) is 0 Å². The summed E-state index contributed by atoms with van der Waals surface area (Å²) < 4.78 is 5.82. The third-order valence-electron chi connectivity index (χ3n) is 8.48. The fourth-order valence-electron chi connectivity index (χ4n) is 6.31. The van der Waals surface area contributed by atoms with Gasteiger partial charge in [0.05, 0.1) is 5.69 Å². The summed E-state index contributed by atoms with van der Waals surface area (Å²) in [5.74, 6) is 0.817. The molecule has 3 heterocycles. The van der Waals surface area contributed by atoms with Crippen molar-refractivity contribution >= 4 is 47.4 Å². The van der Waals surface area contributed by atoms with Crippen LogP contribution in [0.5, 0.6) is 0 Å². The summed E-state index contributed by atoms with van der Waals surface area (Å²) in [4.78, 5) is 5.16. The quantitative estimate of drug-likeness (QED) is 0.203. The molecular formula is C33H40Cl3N3O. The Morgan fingerprint density at radius 2 is 1.55 bits per heavy atom. The molecule has 0 unspecified atom stereocenters. The molecule has 0 aliphatic carbocycles. The zero-order chi connectivity index (χ0) is 25.7. The van der Waals surface area contributed by atoms with Gasteiger partial charge in [-0.25, -0.2) is 0 Å². The Morgan fingerprint density at radius 1 is 0.825 bits per heavy atom. The lowest BCUT2D eigenvalue weighted by Crippen LogP contribution is -2.33. The monoisotopic (exact) mass is 599 g/mol. The Morgan fingerprint density at radius 3 is 2.33 bits per heavy atom. The molecule has 4 aromatic rings. The van der Waals surface area contributed by atoms with Crippen molar-refractivity contribution in [1.82, 2.24) is 15.0 Å². The van der Waals surface area contributed by atoms with Crippen molar-refractivity contribution in [2.24, 2.45) is 5.92 Å². The van der Waals surface area contributed by atoms with Crippen LogP contribution in [0.1, 0.15) is 60.1 Å². The van der Waals surface area contributed by atoms with Crippen LogP contribution in [0.4, 0.5) is 0 Å². The van der Waals surface area contributed by atoms with Crippen LogP contribution in [0.15, 0.2) is 71.3 Å². The normalized spacial score (nSPS) is 16.6. The predicted molar refractivity (Wildman–Crippen MR) is 170 cm³/mol. The van der Waals surface area contributed by atoms with E-state index in [1.165, 1.54) is 72.8 Å². The van der Waals surface area contributed by atoms with Gasteiger partial charge in [0.15, 0.2) is 5.58 Å². The minimum Gasteiger partial charge on any atom is -0.356 e. The van der Waals surface area contributed by atoms with Crippen molar-refractivity contribution in [3.63, 3.8) is 0 Å². The smallest absolute Gasteiger partial charge is 0.167 e. The molecule has 4 nitrogen and oxygen atoms in total. The van der Waals surface area contributed by atoms with Crippen LogP contribution in [0.2, 0.25) is 5.02 Å². The van der Waals surface area contributed by atoms with Crippen LogP contribution < -0.4 is 0 Å². The molecule has 214 valence electrons. The lowest BCUT2D eigenvalue weighted by Gasteiger charge is -2.32. The fourth-order valence-corrected chi connectivity index (χ4v) is 6.44. The standard InChI is InChI=1S/C33H38ClN3O.2ClH/c34-30-13-11-27(12-14-30)22-36-18-15-25(16-19-36)8-4-10-32-31-20-29-24-37(23-26-6-2-1-3-7-26)17-5-9-28(29)21-33(31)38-35-32;;/h1-3,6-7,11-14,20-21,25H,4-5,8-10,15-19,22-24H2;2*1H. The maximum Gasteiger partial charge on any atom is 0.167 e.